The maximum Gasteiger partial charge on any atom is 0.230 e. The Balaban J connectivity index is 2.02. The van der Waals surface area contributed by atoms with Crippen molar-refractivity contribution in [3.63, 3.8) is 0 Å². The van der Waals surface area contributed by atoms with Crippen LogP contribution in [0.3, 0.4) is 0 Å². The Morgan fingerprint density at radius 2 is 2.39 bits per heavy atom. The van der Waals surface area contributed by atoms with Gasteiger partial charge in [0.1, 0.15) is 0 Å². The van der Waals surface area contributed by atoms with Crippen molar-refractivity contribution in [1.29, 1.82) is 0 Å². The second-order valence-electron chi connectivity index (χ2n) is 5.95. The van der Waals surface area contributed by atoms with E-state index in [1.807, 2.05) is 11.8 Å². The number of aliphatic hydroxyl groups is 1. The molecule has 4 nitrogen and oxygen atoms in total. The van der Waals surface area contributed by atoms with Crippen LogP contribution in [0.25, 0.3) is 0 Å². The third-order valence-corrected chi connectivity index (χ3v) is 4.80. The van der Waals surface area contributed by atoms with Gasteiger partial charge in [-0.1, -0.05) is 6.92 Å². The molecule has 0 saturated carbocycles. The van der Waals surface area contributed by atoms with Crippen molar-refractivity contribution in [3.8, 4) is 0 Å². The summed E-state index contributed by atoms with van der Waals surface area (Å²) in [7, 11) is 0. The Bertz CT molecular complexity index is 298. The van der Waals surface area contributed by atoms with Crippen LogP contribution < -0.4 is 5.32 Å². The third-order valence-electron chi connectivity index (χ3n) is 4.80. The largest absolute Gasteiger partial charge is 0.393 e. The minimum absolute atomic E-state index is 0.189. The fourth-order valence-electron chi connectivity index (χ4n) is 3.30. The molecule has 2 N–H and O–H groups in total. The molecule has 0 aromatic carbocycles. The van der Waals surface area contributed by atoms with Gasteiger partial charge in [0.05, 0.1) is 11.5 Å². The van der Waals surface area contributed by atoms with E-state index in [4.69, 9.17) is 0 Å². The lowest BCUT2D eigenvalue weighted by Crippen LogP contribution is -2.51. The maximum absolute atomic E-state index is 12.7. The van der Waals surface area contributed by atoms with E-state index in [-0.39, 0.29) is 17.4 Å². The van der Waals surface area contributed by atoms with Gasteiger partial charge in [-0.25, -0.2) is 0 Å². The van der Waals surface area contributed by atoms with Crippen LogP contribution in [0.15, 0.2) is 0 Å². The van der Waals surface area contributed by atoms with Crippen LogP contribution in [-0.4, -0.2) is 48.2 Å². The molecule has 3 unspecified atom stereocenters. The molecule has 18 heavy (non-hydrogen) atoms. The average molecular weight is 254 g/mol. The molecule has 2 rings (SSSR count). The number of carbonyl (C=O) groups excluding carboxylic acids is 1. The van der Waals surface area contributed by atoms with E-state index in [9.17, 15) is 9.90 Å². The second-order valence-corrected chi connectivity index (χ2v) is 5.95. The molecule has 2 saturated heterocycles. The number of hydrogen-bond donors (Lipinski definition) is 2. The molecular weight excluding hydrogens is 228 g/mol. The van der Waals surface area contributed by atoms with Crippen LogP contribution in [0.1, 0.15) is 39.5 Å². The number of likely N-dealkylation sites (tertiary alicyclic amines) is 1. The number of nitrogens with one attached hydrogen (secondary N) is 1. The predicted octanol–water partition coefficient (Wildman–Crippen LogP) is 0.995. The zero-order chi connectivity index (χ0) is 13.2. The summed E-state index contributed by atoms with van der Waals surface area (Å²) in [6.45, 7) is 7.35. The van der Waals surface area contributed by atoms with Crippen molar-refractivity contribution in [3.05, 3.63) is 0 Å². The van der Waals surface area contributed by atoms with E-state index in [0.717, 1.165) is 51.9 Å². The van der Waals surface area contributed by atoms with E-state index < -0.39 is 0 Å². The van der Waals surface area contributed by atoms with E-state index >= 15 is 0 Å². The molecule has 104 valence electrons. The van der Waals surface area contributed by atoms with Gasteiger partial charge in [0.2, 0.25) is 5.91 Å². The van der Waals surface area contributed by atoms with E-state index in [2.05, 4.69) is 12.2 Å². The van der Waals surface area contributed by atoms with Crippen molar-refractivity contribution >= 4 is 5.91 Å². The van der Waals surface area contributed by atoms with Crippen LogP contribution in [0, 0.1) is 11.3 Å². The summed E-state index contributed by atoms with van der Waals surface area (Å²) in [4.78, 5) is 14.7. The van der Waals surface area contributed by atoms with Crippen LogP contribution in [0.4, 0.5) is 0 Å². The summed E-state index contributed by atoms with van der Waals surface area (Å²) in [6, 6.07) is 0. The van der Waals surface area contributed by atoms with Crippen LogP contribution in [0.2, 0.25) is 0 Å². The summed E-state index contributed by atoms with van der Waals surface area (Å²) in [5, 5.41) is 13.0. The smallest absolute Gasteiger partial charge is 0.230 e. The quantitative estimate of drug-likeness (QED) is 0.790. The van der Waals surface area contributed by atoms with Gasteiger partial charge in [-0.15, -0.1) is 0 Å². The molecule has 1 amide bonds. The number of carbonyl (C=O) groups is 1. The number of hydrogen-bond acceptors (Lipinski definition) is 3. The van der Waals surface area contributed by atoms with Gasteiger partial charge in [0.25, 0.3) is 0 Å². The van der Waals surface area contributed by atoms with E-state index in [0.29, 0.717) is 5.91 Å². The van der Waals surface area contributed by atoms with Gasteiger partial charge >= 0.3 is 0 Å². The van der Waals surface area contributed by atoms with Crippen molar-refractivity contribution in [2.24, 2.45) is 11.3 Å². The maximum atomic E-state index is 12.7. The van der Waals surface area contributed by atoms with Crippen molar-refractivity contribution in [1.82, 2.24) is 10.2 Å². The van der Waals surface area contributed by atoms with Crippen LogP contribution in [-0.2, 0) is 4.79 Å². The first-order valence-electron chi connectivity index (χ1n) is 7.27. The van der Waals surface area contributed by atoms with Gasteiger partial charge in [-0.3, -0.25) is 4.79 Å². The summed E-state index contributed by atoms with van der Waals surface area (Å²) < 4.78 is 0. The molecule has 0 radical (unpaired) electrons. The molecule has 0 bridgehead atoms. The summed E-state index contributed by atoms with van der Waals surface area (Å²) >= 11 is 0. The van der Waals surface area contributed by atoms with Gasteiger partial charge in [0.15, 0.2) is 0 Å². The lowest BCUT2D eigenvalue weighted by Gasteiger charge is -2.38. The van der Waals surface area contributed by atoms with Crippen LogP contribution >= 0.6 is 0 Å². The Morgan fingerprint density at radius 3 is 2.89 bits per heavy atom. The molecule has 0 aliphatic carbocycles. The first kappa shape index (κ1) is 13.8. The fourth-order valence-corrected chi connectivity index (χ4v) is 3.30. The second kappa shape index (κ2) is 5.57. The van der Waals surface area contributed by atoms with Crippen molar-refractivity contribution in [2.75, 3.05) is 26.2 Å². The lowest BCUT2D eigenvalue weighted by molar-refractivity contribution is -0.142. The Morgan fingerprint density at radius 1 is 1.61 bits per heavy atom. The zero-order valence-electron chi connectivity index (χ0n) is 11.6. The average Bonchev–Trinajstić information content (AvgIpc) is 2.88. The molecule has 4 heteroatoms. The van der Waals surface area contributed by atoms with Gasteiger partial charge < -0.3 is 15.3 Å². The Labute approximate surface area is 110 Å². The molecule has 0 aromatic heterocycles. The summed E-state index contributed by atoms with van der Waals surface area (Å²) in [5.74, 6) is 0.569. The Hall–Kier alpha value is -0.610. The monoisotopic (exact) mass is 254 g/mol. The SMILES string of the molecule is CCC1(C(=O)N2CCC(C(C)O)C2)CCCNC1. The van der Waals surface area contributed by atoms with E-state index in [1.165, 1.54) is 0 Å². The highest BCUT2D eigenvalue weighted by Gasteiger charge is 2.42. The summed E-state index contributed by atoms with van der Waals surface area (Å²) in [5.41, 5.74) is -0.189. The zero-order valence-corrected chi connectivity index (χ0v) is 11.6. The number of piperidine rings is 1. The predicted molar refractivity (Wildman–Crippen MR) is 71.2 cm³/mol. The molecule has 0 spiro atoms. The highest BCUT2D eigenvalue weighted by molar-refractivity contribution is 5.83. The molecule has 2 aliphatic rings. The van der Waals surface area contributed by atoms with Gasteiger partial charge in [-0.05, 0) is 39.2 Å². The van der Waals surface area contributed by atoms with Gasteiger partial charge in [-0.2, -0.15) is 0 Å². The minimum atomic E-state index is -0.301. The Kier molecular flexibility index (Phi) is 4.28. The first-order valence-corrected chi connectivity index (χ1v) is 7.27. The van der Waals surface area contributed by atoms with Crippen molar-refractivity contribution in [2.45, 2.75) is 45.6 Å². The molecular formula is C14H26N2O2. The molecule has 3 atom stereocenters. The highest BCUT2D eigenvalue weighted by atomic mass is 16.3. The number of nitrogens with zero attached hydrogens (tertiary/aromatic N) is 1. The van der Waals surface area contributed by atoms with Crippen molar-refractivity contribution < 1.29 is 9.90 Å². The fraction of sp³-hybridized carbons (Fsp3) is 0.929. The van der Waals surface area contributed by atoms with Gasteiger partial charge in [0, 0.05) is 25.6 Å². The minimum Gasteiger partial charge on any atom is -0.393 e. The number of aliphatic hydroxyl groups excluding tert-OH is 1. The standard InChI is InChI=1S/C14H26N2O2/c1-3-14(6-4-7-15-10-14)13(18)16-8-5-12(9-16)11(2)17/h11-12,15,17H,3-10H2,1-2H3. The molecule has 2 aliphatic heterocycles. The lowest BCUT2D eigenvalue weighted by atomic mass is 9.77. The third kappa shape index (κ3) is 2.54. The number of rotatable bonds is 3. The summed E-state index contributed by atoms with van der Waals surface area (Å²) in [6.07, 6.45) is 3.65. The topological polar surface area (TPSA) is 52.6 Å². The van der Waals surface area contributed by atoms with E-state index in [1.54, 1.807) is 0 Å². The normalized spacial score (nSPS) is 34.6. The highest BCUT2D eigenvalue weighted by Crippen LogP contribution is 2.34. The number of amides is 1. The first-order chi connectivity index (χ1) is 8.59. The molecule has 2 fully saturated rings. The van der Waals surface area contributed by atoms with Crippen LogP contribution in [0.5, 0.6) is 0 Å². The molecule has 2 heterocycles. The molecule has 0 aromatic rings.